The average Bonchev–Trinajstić information content (AvgIpc) is 2.90. The second-order valence-electron chi connectivity index (χ2n) is 8.31. The van der Waals surface area contributed by atoms with Gasteiger partial charge in [0.15, 0.2) is 11.5 Å². The molecule has 1 unspecified atom stereocenters. The van der Waals surface area contributed by atoms with Crippen molar-refractivity contribution in [3.8, 4) is 17.2 Å². The maximum absolute atomic E-state index is 13.5. The number of hydrogen-bond donors (Lipinski definition) is 0. The number of non-ortho nitro benzene ring substituents is 1. The fraction of sp³-hybridized carbons (Fsp3) is 0.269. The third kappa shape index (κ3) is 5.45. The fourth-order valence-electron chi connectivity index (χ4n) is 4.28. The lowest BCUT2D eigenvalue weighted by Gasteiger charge is -2.37. The number of nitro groups is 1. The van der Waals surface area contributed by atoms with Crippen molar-refractivity contribution >= 4 is 11.6 Å². The first-order valence-corrected chi connectivity index (χ1v) is 11.2. The molecule has 37 heavy (non-hydrogen) atoms. The molecule has 0 spiro atoms. The molecule has 0 saturated carbocycles. The number of alkyl halides is 3. The SMILES string of the molecule is COc1cc2c(cc1OC)C(COc1ccc([N+](=O)[O-])cc1)N(C(=O)c1cccc(C(F)(F)F)c1)CC2. The Morgan fingerprint density at radius 1 is 1.05 bits per heavy atom. The van der Waals surface area contributed by atoms with Gasteiger partial charge >= 0.3 is 6.18 Å². The summed E-state index contributed by atoms with van der Waals surface area (Å²) >= 11 is 0. The summed E-state index contributed by atoms with van der Waals surface area (Å²) < 4.78 is 56.5. The lowest BCUT2D eigenvalue weighted by Crippen LogP contribution is -2.42. The minimum atomic E-state index is -4.59. The van der Waals surface area contributed by atoms with Crippen LogP contribution in [-0.4, -0.2) is 43.1 Å². The Morgan fingerprint density at radius 2 is 1.73 bits per heavy atom. The number of carbonyl (C=O) groups excluding carboxylic acids is 1. The lowest BCUT2D eigenvalue weighted by molar-refractivity contribution is -0.384. The largest absolute Gasteiger partial charge is 0.493 e. The van der Waals surface area contributed by atoms with Gasteiger partial charge < -0.3 is 19.1 Å². The van der Waals surface area contributed by atoms with Crippen LogP contribution in [0.5, 0.6) is 17.2 Å². The Hall–Kier alpha value is -4.28. The second-order valence-corrected chi connectivity index (χ2v) is 8.31. The minimum absolute atomic E-state index is 0.0506. The van der Waals surface area contributed by atoms with E-state index in [1.807, 2.05) is 0 Å². The molecule has 8 nitrogen and oxygen atoms in total. The zero-order chi connectivity index (χ0) is 26.7. The molecule has 0 aliphatic carbocycles. The molecule has 3 aromatic carbocycles. The van der Waals surface area contributed by atoms with E-state index in [0.717, 1.165) is 17.7 Å². The van der Waals surface area contributed by atoms with Gasteiger partial charge in [-0.2, -0.15) is 13.2 Å². The zero-order valence-corrected chi connectivity index (χ0v) is 19.9. The number of amides is 1. The molecule has 1 heterocycles. The Bertz CT molecular complexity index is 1310. The quantitative estimate of drug-likeness (QED) is 0.306. The molecule has 3 aromatic rings. The third-order valence-corrected chi connectivity index (χ3v) is 6.16. The van der Waals surface area contributed by atoms with Crippen LogP contribution in [0.15, 0.2) is 60.7 Å². The van der Waals surface area contributed by atoms with E-state index in [2.05, 4.69) is 0 Å². The van der Waals surface area contributed by atoms with Crippen molar-refractivity contribution in [1.82, 2.24) is 4.90 Å². The fourth-order valence-corrected chi connectivity index (χ4v) is 4.28. The van der Waals surface area contributed by atoms with Crippen molar-refractivity contribution < 1.29 is 37.1 Å². The van der Waals surface area contributed by atoms with Gasteiger partial charge in [-0.25, -0.2) is 0 Å². The summed E-state index contributed by atoms with van der Waals surface area (Å²) in [6.45, 7) is 0.177. The van der Waals surface area contributed by atoms with Gasteiger partial charge in [0, 0.05) is 24.2 Å². The van der Waals surface area contributed by atoms with Gasteiger partial charge in [-0.05, 0) is 60.0 Å². The standard InChI is InChI=1S/C26H23F3N2O6/c1-35-23-13-16-10-11-30(25(32)17-4-3-5-18(12-17)26(27,28)29)22(21(16)14-24(23)36-2)15-37-20-8-6-19(7-9-20)31(33)34/h3-9,12-14,22H,10-11,15H2,1-2H3. The zero-order valence-electron chi connectivity index (χ0n) is 19.9. The van der Waals surface area contributed by atoms with Gasteiger partial charge in [-0.15, -0.1) is 0 Å². The van der Waals surface area contributed by atoms with Crippen molar-refractivity contribution in [2.24, 2.45) is 0 Å². The maximum Gasteiger partial charge on any atom is 0.416 e. The lowest BCUT2D eigenvalue weighted by atomic mass is 9.91. The van der Waals surface area contributed by atoms with Gasteiger partial charge in [-0.3, -0.25) is 14.9 Å². The Kier molecular flexibility index (Phi) is 7.23. The predicted molar refractivity (Wildman–Crippen MR) is 127 cm³/mol. The monoisotopic (exact) mass is 516 g/mol. The highest BCUT2D eigenvalue weighted by atomic mass is 19.4. The highest BCUT2D eigenvalue weighted by Crippen LogP contribution is 2.39. The van der Waals surface area contributed by atoms with E-state index in [1.54, 1.807) is 12.1 Å². The maximum atomic E-state index is 13.5. The van der Waals surface area contributed by atoms with Crippen LogP contribution in [0.25, 0.3) is 0 Å². The summed E-state index contributed by atoms with van der Waals surface area (Å²) in [6, 6.07) is 12.6. The number of nitro benzene ring substituents is 1. The number of benzene rings is 3. The molecule has 1 aliphatic rings. The van der Waals surface area contributed by atoms with E-state index in [-0.39, 0.29) is 24.4 Å². The van der Waals surface area contributed by atoms with Gasteiger partial charge in [0.2, 0.25) is 0 Å². The summed E-state index contributed by atoms with van der Waals surface area (Å²) in [5.41, 5.74) is 0.461. The van der Waals surface area contributed by atoms with Crippen LogP contribution >= 0.6 is 0 Å². The van der Waals surface area contributed by atoms with E-state index in [4.69, 9.17) is 14.2 Å². The van der Waals surface area contributed by atoms with Crippen LogP contribution in [0.1, 0.15) is 33.1 Å². The number of halogens is 3. The number of methoxy groups -OCH3 is 2. The molecule has 0 fully saturated rings. The van der Waals surface area contributed by atoms with Crippen molar-refractivity contribution in [1.29, 1.82) is 0 Å². The van der Waals surface area contributed by atoms with Crippen LogP contribution in [0.2, 0.25) is 0 Å². The summed E-state index contributed by atoms with van der Waals surface area (Å²) in [6.07, 6.45) is -4.15. The summed E-state index contributed by atoms with van der Waals surface area (Å²) in [5, 5.41) is 10.9. The number of nitrogens with zero attached hydrogens (tertiary/aromatic N) is 2. The van der Waals surface area contributed by atoms with Crippen LogP contribution in [-0.2, 0) is 12.6 Å². The van der Waals surface area contributed by atoms with Gasteiger partial charge in [-0.1, -0.05) is 6.07 Å². The topological polar surface area (TPSA) is 91.1 Å². The smallest absolute Gasteiger partial charge is 0.416 e. The molecule has 1 atom stereocenters. The second kappa shape index (κ2) is 10.4. The normalized spacial score (nSPS) is 15.1. The summed E-state index contributed by atoms with van der Waals surface area (Å²) in [4.78, 5) is 25.3. The molecule has 11 heteroatoms. The number of hydrogen-bond acceptors (Lipinski definition) is 6. The first-order chi connectivity index (χ1) is 17.6. The van der Waals surface area contributed by atoms with E-state index in [0.29, 0.717) is 29.2 Å². The van der Waals surface area contributed by atoms with Crippen LogP contribution in [0.4, 0.5) is 18.9 Å². The van der Waals surface area contributed by atoms with Gasteiger partial charge in [0.1, 0.15) is 12.4 Å². The highest BCUT2D eigenvalue weighted by Gasteiger charge is 2.35. The number of carbonyl (C=O) groups is 1. The van der Waals surface area contributed by atoms with Crippen molar-refractivity contribution in [2.45, 2.75) is 18.6 Å². The number of ether oxygens (including phenoxy) is 3. The molecule has 0 aromatic heterocycles. The molecule has 1 amide bonds. The molecule has 194 valence electrons. The van der Waals surface area contributed by atoms with Gasteiger partial charge in [0.05, 0.1) is 30.7 Å². The average molecular weight is 516 g/mol. The molecular formula is C26H23F3N2O6. The first-order valence-electron chi connectivity index (χ1n) is 11.2. The molecule has 0 radical (unpaired) electrons. The van der Waals surface area contributed by atoms with Crippen LogP contribution in [0, 0.1) is 10.1 Å². The molecule has 1 aliphatic heterocycles. The van der Waals surface area contributed by atoms with Gasteiger partial charge in [0.25, 0.3) is 11.6 Å². The van der Waals surface area contributed by atoms with Crippen molar-refractivity contribution in [3.05, 3.63) is 93.0 Å². The van der Waals surface area contributed by atoms with Crippen molar-refractivity contribution in [2.75, 3.05) is 27.4 Å². The molecule has 0 N–H and O–H groups in total. The van der Waals surface area contributed by atoms with E-state index in [1.165, 1.54) is 55.5 Å². The molecule has 4 rings (SSSR count). The Morgan fingerprint density at radius 3 is 2.35 bits per heavy atom. The van der Waals surface area contributed by atoms with E-state index >= 15 is 0 Å². The third-order valence-electron chi connectivity index (χ3n) is 6.16. The Balaban J connectivity index is 1.70. The van der Waals surface area contributed by atoms with E-state index < -0.39 is 28.6 Å². The predicted octanol–water partition coefficient (Wildman–Crippen LogP) is 5.45. The summed E-state index contributed by atoms with van der Waals surface area (Å²) in [5.74, 6) is 0.692. The molecule has 0 bridgehead atoms. The van der Waals surface area contributed by atoms with Crippen LogP contribution < -0.4 is 14.2 Å². The van der Waals surface area contributed by atoms with Crippen LogP contribution in [0.3, 0.4) is 0 Å². The first kappa shape index (κ1) is 25.8. The highest BCUT2D eigenvalue weighted by molar-refractivity contribution is 5.95. The molecular weight excluding hydrogens is 493 g/mol. The molecule has 0 saturated heterocycles. The van der Waals surface area contributed by atoms with E-state index in [9.17, 15) is 28.1 Å². The van der Waals surface area contributed by atoms with Crippen molar-refractivity contribution in [3.63, 3.8) is 0 Å². The minimum Gasteiger partial charge on any atom is -0.493 e. The number of rotatable bonds is 7. The Labute approximate surface area is 210 Å². The number of fused-ring (bicyclic) bond motifs is 1. The summed E-state index contributed by atoms with van der Waals surface area (Å²) in [7, 11) is 2.98.